The van der Waals surface area contributed by atoms with Crippen LogP contribution in [0.4, 0.5) is 11.6 Å². The fourth-order valence-corrected chi connectivity index (χ4v) is 5.04. The molecule has 1 amide bonds. The van der Waals surface area contributed by atoms with Crippen molar-refractivity contribution >= 4 is 34.5 Å². The topological polar surface area (TPSA) is 79.7 Å². The van der Waals surface area contributed by atoms with Gasteiger partial charge in [0, 0.05) is 44.0 Å². The highest BCUT2D eigenvalue weighted by atomic mass is 16.5. The summed E-state index contributed by atoms with van der Waals surface area (Å²) in [5, 5.41) is 3.44. The Morgan fingerprint density at radius 2 is 1.70 bits per heavy atom. The first-order chi connectivity index (χ1) is 19.5. The fraction of sp³-hybridized carbons (Fsp3) is 0.469. The number of fused-ring (bicyclic) bond motifs is 1. The largest absolute Gasteiger partial charge is 0.465 e. The van der Waals surface area contributed by atoms with E-state index in [2.05, 4.69) is 40.9 Å². The van der Waals surface area contributed by atoms with Crippen molar-refractivity contribution in [2.45, 2.75) is 65.3 Å². The van der Waals surface area contributed by atoms with E-state index in [1.54, 1.807) is 12.1 Å². The molecule has 214 valence electrons. The molecule has 1 N–H and O–H groups in total. The number of ether oxygens (including phenoxy) is 1. The lowest BCUT2D eigenvalue weighted by atomic mass is 10.1. The Bertz CT molecular complexity index is 1290. The molecule has 3 aromatic rings. The van der Waals surface area contributed by atoms with Crippen LogP contribution < -0.4 is 5.32 Å². The van der Waals surface area contributed by atoms with Gasteiger partial charge in [-0.2, -0.15) is 0 Å². The molecule has 8 heteroatoms. The summed E-state index contributed by atoms with van der Waals surface area (Å²) >= 11 is 0. The smallest absolute Gasteiger partial charge is 0.337 e. The number of nitrogens with one attached hydrogen (secondary N) is 1. The van der Waals surface area contributed by atoms with Gasteiger partial charge < -0.3 is 24.4 Å². The molecule has 1 aromatic heterocycles. The van der Waals surface area contributed by atoms with Crippen LogP contribution in [-0.4, -0.2) is 64.5 Å². The second-order valence-electron chi connectivity index (χ2n) is 10.4. The zero-order chi connectivity index (χ0) is 28.3. The van der Waals surface area contributed by atoms with Crippen LogP contribution in [0.15, 0.2) is 54.7 Å². The summed E-state index contributed by atoms with van der Waals surface area (Å²) < 4.78 is 7.00. The number of rotatable bonds is 14. The van der Waals surface area contributed by atoms with Crippen molar-refractivity contribution in [2.75, 3.05) is 38.6 Å². The van der Waals surface area contributed by atoms with E-state index in [-0.39, 0.29) is 11.9 Å². The number of benzene rings is 2. The van der Waals surface area contributed by atoms with Crippen LogP contribution >= 0.6 is 0 Å². The molecule has 0 radical (unpaired) electrons. The van der Waals surface area contributed by atoms with E-state index >= 15 is 0 Å². The molecule has 0 saturated carbocycles. The van der Waals surface area contributed by atoms with Crippen molar-refractivity contribution in [3.8, 4) is 0 Å². The van der Waals surface area contributed by atoms with Gasteiger partial charge in [0.05, 0.1) is 23.7 Å². The standard InChI is InChI=1S/C32H43N5O3/c1-4-6-21-36(22-7-5-2)30(38)26-14-17-28-29(24-26)37(23-11-20-35-18-9-8-10-19-35)32(34-28)33-27-15-12-25(13-16-27)31(39)40-3/h9,12-18,24H,4-8,10-11,19-23H2,1-3H3,(H,33,34). The number of anilines is 2. The first kappa shape index (κ1) is 29.2. The number of hydrogen-bond acceptors (Lipinski definition) is 6. The summed E-state index contributed by atoms with van der Waals surface area (Å²) in [6.07, 6.45) is 11.9. The molecule has 4 rings (SSSR count). The lowest BCUT2D eigenvalue weighted by Gasteiger charge is -2.23. The Morgan fingerprint density at radius 3 is 2.35 bits per heavy atom. The number of allylic oxidation sites excluding steroid dienone is 1. The summed E-state index contributed by atoms with van der Waals surface area (Å²) in [6, 6.07) is 13.0. The van der Waals surface area contributed by atoms with E-state index in [1.807, 2.05) is 35.2 Å². The number of carbonyl (C=O) groups is 2. The summed E-state index contributed by atoms with van der Waals surface area (Å²) in [7, 11) is 1.38. The first-order valence-corrected chi connectivity index (χ1v) is 14.7. The predicted octanol–water partition coefficient (Wildman–Crippen LogP) is 6.61. The monoisotopic (exact) mass is 545 g/mol. The van der Waals surface area contributed by atoms with Gasteiger partial charge in [-0.3, -0.25) is 4.79 Å². The first-order valence-electron chi connectivity index (χ1n) is 14.7. The maximum atomic E-state index is 13.6. The molecule has 0 spiro atoms. The molecule has 1 aliphatic rings. The Morgan fingerprint density at radius 1 is 0.975 bits per heavy atom. The highest BCUT2D eigenvalue weighted by molar-refractivity contribution is 5.98. The van der Waals surface area contributed by atoms with E-state index in [1.165, 1.54) is 13.5 Å². The normalized spacial score (nSPS) is 13.0. The molecule has 0 saturated heterocycles. The number of aryl methyl sites for hydroxylation is 1. The summed E-state index contributed by atoms with van der Waals surface area (Å²) in [5.74, 6) is 0.436. The van der Waals surface area contributed by atoms with Crippen molar-refractivity contribution in [1.82, 2.24) is 19.4 Å². The molecule has 1 aliphatic heterocycles. The van der Waals surface area contributed by atoms with E-state index < -0.39 is 0 Å². The van der Waals surface area contributed by atoms with Crippen LogP contribution in [0.2, 0.25) is 0 Å². The van der Waals surface area contributed by atoms with E-state index in [9.17, 15) is 9.59 Å². The van der Waals surface area contributed by atoms with Crippen LogP contribution in [0.1, 0.15) is 79.5 Å². The number of imidazole rings is 1. The van der Waals surface area contributed by atoms with Crippen LogP contribution in [0.3, 0.4) is 0 Å². The molecule has 40 heavy (non-hydrogen) atoms. The minimum atomic E-state index is -0.366. The minimum Gasteiger partial charge on any atom is -0.465 e. The second-order valence-corrected chi connectivity index (χ2v) is 10.4. The van der Waals surface area contributed by atoms with E-state index in [4.69, 9.17) is 9.72 Å². The number of esters is 1. The van der Waals surface area contributed by atoms with Gasteiger partial charge in [-0.1, -0.05) is 32.8 Å². The summed E-state index contributed by atoms with van der Waals surface area (Å²) in [6.45, 7) is 8.69. The highest BCUT2D eigenvalue weighted by Gasteiger charge is 2.19. The molecule has 0 aliphatic carbocycles. The van der Waals surface area contributed by atoms with Crippen LogP contribution in [0, 0.1) is 0 Å². The van der Waals surface area contributed by atoms with Crippen LogP contribution in [0.25, 0.3) is 11.0 Å². The van der Waals surface area contributed by atoms with Crippen molar-refractivity contribution in [3.63, 3.8) is 0 Å². The quantitative estimate of drug-likeness (QED) is 0.230. The number of amides is 1. The third-order valence-electron chi connectivity index (χ3n) is 7.37. The average Bonchev–Trinajstić information content (AvgIpc) is 3.33. The molecule has 0 fully saturated rings. The van der Waals surface area contributed by atoms with Crippen LogP contribution in [-0.2, 0) is 11.3 Å². The van der Waals surface area contributed by atoms with E-state index in [0.29, 0.717) is 17.1 Å². The SMILES string of the molecule is CCCCN(CCCC)C(=O)c1ccc2nc(Nc3ccc(C(=O)OC)cc3)n(CCCN3C=CCCC3)c2c1. The minimum absolute atomic E-state index is 0.0860. The number of carbonyl (C=O) groups excluding carboxylic acids is 2. The lowest BCUT2D eigenvalue weighted by Crippen LogP contribution is -2.33. The van der Waals surface area contributed by atoms with Gasteiger partial charge >= 0.3 is 5.97 Å². The maximum Gasteiger partial charge on any atom is 0.337 e. The van der Waals surface area contributed by atoms with Gasteiger partial charge in [0.15, 0.2) is 0 Å². The molecule has 0 unspecified atom stereocenters. The zero-order valence-corrected chi connectivity index (χ0v) is 24.2. The van der Waals surface area contributed by atoms with Gasteiger partial charge in [-0.05, 0) is 80.8 Å². The van der Waals surface area contributed by atoms with Crippen molar-refractivity contribution in [1.29, 1.82) is 0 Å². The van der Waals surface area contributed by atoms with Crippen molar-refractivity contribution in [2.24, 2.45) is 0 Å². The summed E-state index contributed by atoms with van der Waals surface area (Å²) in [5.41, 5.74) is 3.81. The number of aromatic nitrogens is 2. The van der Waals surface area contributed by atoms with Gasteiger partial charge in [-0.15, -0.1) is 0 Å². The van der Waals surface area contributed by atoms with Crippen LogP contribution in [0.5, 0.6) is 0 Å². The molecule has 2 heterocycles. The Hall–Kier alpha value is -3.81. The van der Waals surface area contributed by atoms with Gasteiger partial charge in [-0.25, -0.2) is 9.78 Å². The molecular weight excluding hydrogens is 502 g/mol. The maximum absolute atomic E-state index is 13.6. The summed E-state index contributed by atoms with van der Waals surface area (Å²) in [4.78, 5) is 34.7. The molecule has 8 nitrogen and oxygen atoms in total. The lowest BCUT2D eigenvalue weighted by molar-refractivity contribution is 0.0600. The van der Waals surface area contributed by atoms with Crippen molar-refractivity contribution in [3.05, 3.63) is 65.9 Å². The number of methoxy groups -OCH3 is 1. The molecular formula is C32H43N5O3. The van der Waals surface area contributed by atoms with E-state index in [0.717, 1.165) is 88.0 Å². The number of nitrogens with zero attached hydrogens (tertiary/aromatic N) is 4. The zero-order valence-electron chi connectivity index (χ0n) is 24.2. The third-order valence-corrected chi connectivity index (χ3v) is 7.37. The Kier molecular flexibility index (Phi) is 10.6. The number of unbranched alkanes of at least 4 members (excludes halogenated alkanes) is 2. The average molecular weight is 546 g/mol. The molecule has 0 bridgehead atoms. The number of hydrogen-bond donors (Lipinski definition) is 1. The third kappa shape index (κ3) is 7.43. The Balaban J connectivity index is 1.62. The van der Waals surface area contributed by atoms with Gasteiger partial charge in [0.1, 0.15) is 0 Å². The Labute approximate surface area is 238 Å². The molecule has 0 atom stereocenters. The van der Waals surface area contributed by atoms with Gasteiger partial charge in [0.25, 0.3) is 5.91 Å². The van der Waals surface area contributed by atoms with Gasteiger partial charge in [0.2, 0.25) is 5.95 Å². The molecule has 2 aromatic carbocycles. The highest BCUT2D eigenvalue weighted by Crippen LogP contribution is 2.26. The fourth-order valence-electron chi connectivity index (χ4n) is 5.04. The predicted molar refractivity (Wildman–Crippen MR) is 161 cm³/mol. The van der Waals surface area contributed by atoms with Crippen molar-refractivity contribution < 1.29 is 14.3 Å². The second kappa shape index (κ2) is 14.5.